The third kappa shape index (κ3) is 6.98. The Morgan fingerprint density at radius 3 is 2.42 bits per heavy atom. The molecule has 0 saturated heterocycles. The summed E-state index contributed by atoms with van der Waals surface area (Å²) in [5.41, 5.74) is 7.66. The highest BCUT2D eigenvalue weighted by Gasteiger charge is 2.34. The van der Waals surface area contributed by atoms with E-state index in [0.717, 1.165) is 0 Å². The number of nitrogen functional groups attached to an aromatic ring is 1. The molecule has 1 aliphatic rings. The van der Waals surface area contributed by atoms with E-state index in [2.05, 4.69) is 9.98 Å². The van der Waals surface area contributed by atoms with E-state index >= 15 is 0 Å². The molecule has 2 amide bonds. The first-order chi connectivity index (χ1) is 18.9. The molecule has 4 rings (SSSR count). The molecule has 10 nitrogen and oxygen atoms in total. The lowest BCUT2D eigenvalue weighted by Gasteiger charge is -2.36. The standard InChI is InChI=1S/C25H22BF4N5O5/c26-25(37,38)40-18-5-2-16(3-6-18)35-23-14(1-8-22(33-23)39-13-21(29)30)12-34(24(35)36)17-4-7-19(31)15(9-17)10-32-11-20(27)28/h1-10,20-21,37-38H,11-13,31H2. The number of fused-ring (bicyclic) bond motifs is 1. The van der Waals surface area contributed by atoms with E-state index in [-0.39, 0.29) is 35.4 Å². The number of carbonyl (C=O) groups excluding carboxylic acids is 1. The van der Waals surface area contributed by atoms with Crippen LogP contribution in [0.5, 0.6) is 11.6 Å². The molecule has 1 aromatic heterocycles. The molecular weight excluding hydrogens is 537 g/mol. The summed E-state index contributed by atoms with van der Waals surface area (Å²) >= 11 is 0. The minimum Gasteiger partial charge on any atom is -0.472 e. The van der Waals surface area contributed by atoms with Gasteiger partial charge < -0.3 is 25.4 Å². The van der Waals surface area contributed by atoms with Gasteiger partial charge in [-0.1, -0.05) is 0 Å². The lowest BCUT2D eigenvalue weighted by Crippen LogP contribution is -2.45. The summed E-state index contributed by atoms with van der Waals surface area (Å²) in [6.45, 7) is -1.61. The van der Waals surface area contributed by atoms with Crippen molar-refractivity contribution in [3.8, 4) is 11.6 Å². The smallest absolute Gasteiger partial charge is 0.335 e. The third-order valence-electron chi connectivity index (χ3n) is 5.47. The van der Waals surface area contributed by atoms with Crippen molar-refractivity contribution in [3.05, 3.63) is 65.7 Å². The van der Waals surface area contributed by atoms with E-state index in [1.54, 1.807) is 12.1 Å². The minimum absolute atomic E-state index is 0.0102. The number of alkyl halides is 4. The molecule has 0 bridgehead atoms. The van der Waals surface area contributed by atoms with Crippen LogP contribution >= 0.6 is 0 Å². The fourth-order valence-electron chi connectivity index (χ4n) is 3.80. The van der Waals surface area contributed by atoms with E-state index in [4.69, 9.17) is 23.1 Å². The number of aliphatic hydroxyl groups is 2. The second-order valence-electron chi connectivity index (χ2n) is 8.49. The number of carbonyl (C=O) groups is 1. The summed E-state index contributed by atoms with van der Waals surface area (Å²) < 4.78 is 60.3. The molecule has 4 N–H and O–H groups in total. The molecule has 0 aliphatic carbocycles. The number of nitrogens with two attached hydrogens (primary N) is 1. The lowest BCUT2D eigenvalue weighted by atomic mass is 10.1. The molecule has 40 heavy (non-hydrogen) atoms. The Hall–Kier alpha value is -4.37. The Kier molecular flexibility index (Phi) is 8.45. The van der Waals surface area contributed by atoms with Crippen molar-refractivity contribution in [2.45, 2.75) is 25.3 Å². The number of ether oxygens (including phenoxy) is 2. The number of aromatic nitrogens is 1. The Balaban J connectivity index is 1.74. The Bertz CT molecular complexity index is 1390. The zero-order valence-electron chi connectivity index (χ0n) is 20.6. The number of amides is 2. The van der Waals surface area contributed by atoms with Gasteiger partial charge in [-0.15, -0.1) is 0 Å². The van der Waals surface area contributed by atoms with Crippen LogP contribution in [0.3, 0.4) is 0 Å². The van der Waals surface area contributed by atoms with Crippen LogP contribution in [0, 0.1) is 0 Å². The van der Waals surface area contributed by atoms with Crippen LogP contribution in [0.25, 0.3) is 0 Å². The quantitative estimate of drug-likeness (QED) is 0.114. The maximum Gasteiger partial charge on any atom is 0.335 e. The number of benzene rings is 2. The predicted octanol–water partition coefficient (Wildman–Crippen LogP) is 3.41. The Morgan fingerprint density at radius 1 is 1.07 bits per heavy atom. The van der Waals surface area contributed by atoms with E-state index in [0.29, 0.717) is 16.8 Å². The highest BCUT2D eigenvalue weighted by Crippen LogP contribution is 2.38. The van der Waals surface area contributed by atoms with Crippen molar-refractivity contribution in [2.75, 3.05) is 28.7 Å². The Labute approximate surface area is 226 Å². The summed E-state index contributed by atoms with van der Waals surface area (Å²) in [6, 6.07) is 12.4. The van der Waals surface area contributed by atoms with Crippen molar-refractivity contribution in [2.24, 2.45) is 4.99 Å². The molecule has 0 unspecified atom stereocenters. The summed E-state index contributed by atoms with van der Waals surface area (Å²) in [5, 5.41) is 18.5. The van der Waals surface area contributed by atoms with Gasteiger partial charge in [-0.25, -0.2) is 27.3 Å². The van der Waals surface area contributed by atoms with E-state index in [9.17, 15) is 32.6 Å². The van der Waals surface area contributed by atoms with Gasteiger partial charge in [-0.3, -0.25) is 9.89 Å². The molecule has 0 saturated carbocycles. The second kappa shape index (κ2) is 11.8. The van der Waals surface area contributed by atoms with Gasteiger partial charge in [-0.2, -0.15) is 4.98 Å². The van der Waals surface area contributed by atoms with Crippen molar-refractivity contribution in [3.63, 3.8) is 0 Å². The van der Waals surface area contributed by atoms with Crippen molar-refractivity contribution in [1.82, 2.24) is 4.98 Å². The van der Waals surface area contributed by atoms with Crippen LogP contribution in [0.1, 0.15) is 11.1 Å². The molecule has 0 spiro atoms. The number of aliphatic imine (C=N–C) groups is 1. The normalized spacial score (nSPS) is 13.8. The van der Waals surface area contributed by atoms with Gasteiger partial charge >= 0.3 is 6.03 Å². The number of pyridine rings is 1. The number of hydrogen-bond acceptors (Lipinski definition) is 8. The molecule has 208 valence electrons. The van der Waals surface area contributed by atoms with Crippen LogP contribution in [0.15, 0.2) is 59.6 Å². The van der Waals surface area contributed by atoms with Gasteiger partial charge in [0.1, 0.15) is 11.6 Å². The van der Waals surface area contributed by atoms with Gasteiger partial charge in [0.25, 0.3) is 18.7 Å². The second-order valence-corrected chi connectivity index (χ2v) is 8.49. The summed E-state index contributed by atoms with van der Waals surface area (Å²) in [7, 11) is 5.04. The molecular formula is C25H22BF4N5O5. The molecule has 15 heteroatoms. The van der Waals surface area contributed by atoms with E-state index in [1.807, 2.05) is 0 Å². The fraction of sp³-hybridized carbons (Fsp3) is 0.240. The molecule has 2 heterocycles. The Morgan fingerprint density at radius 2 is 1.77 bits per heavy atom. The largest absolute Gasteiger partial charge is 0.472 e. The van der Waals surface area contributed by atoms with Crippen LogP contribution in [0.2, 0.25) is 0 Å². The van der Waals surface area contributed by atoms with Crippen molar-refractivity contribution >= 4 is 43.0 Å². The lowest BCUT2D eigenvalue weighted by molar-refractivity contribution is -0.223. The molecule has 3 aromatic rings. The maximum atomic E-state index is 13.8. The van der Waals surface area contributed by atoms with Crippen molar-refractivity contribution in [1.29, 1.82) is 0 Å². The number of hydrogen-bond donors (Lipinski definition) is 3. The van der Waals surface area contributed by atoms with Crippen LogP contribution in [-0.4, -0.2) is 67.2 Å². The van der Waals surface area contributed by atoms with Gasteiger partial charge in [0, 0.05) is 34.8 Å². The molecule has 2 radical (unpaired) electrons. The third-order valence-corrected chi connectivity index (χ3v) is 5.47. The summed E-state index contributed by atoms with van der Waals surface area (Å²) in [6.07, 6.45) is -4.18. The summed E-state index contributed by atoms with van der Waals surface area (Å²) in [5.74, 6) is -3.00. The minimum atomic E-state index is -2.93. The molecule has 1 aliphatic heterocycles. The van der Waals surface area contributed by atoms with E-state index in [1.165, 1.54) is 58.5 Å². The first-order valence-electron chi connectivity index (χ1n) is 11.6. The zero-order chi connectivity index (χ0) is 29.0. The van der Waals surface area contributed by atoms with Gasteiger partial charge in [0.15, 0.2) is 6.61 Å². The molecule has 2 aromatic carbocycles. The van der Waals surface area contributed by atoms with Gasteiger partial charge in [0.2, 0.25) is 13.7 Å². The van der Waals surface area contributed by atoms with Gasteiger partial charge in [-0.05, 0) is 48.5 Å². The zero-order valence-corrected chi connectivity index (χ0v) is 20.6. The SMILES string of the molecule is [B]C(O)(O)Oc1ccc(N2C(=O)N(c3ccc(N)c(C=NCC(F)F)c3)Cc3ccc(OCC(F)F)nc32)cc1. The topological polar surface area (TPSA) is 134 Å². The molecule has 0 atom stereocenters. The highest BCUT2D eigenvalue weighted by molar-refractivity contribution is 6.12. The van der Waals surface area contributed by atoms with Crippen LogP contribution in [0.4, 0.5) is 45.2 Å². The first kappa shape index (κ1) is 28.6. The number of nitrogens with zero attached hydrogens (tertiary/aromatic N) is 4. The molecule has 0 fully saturated rings. The summed E-state index contributed by atoms with van der Waals surface area (Å²) in [4.78, 5) is 24.3. The monoisotopic (exact) mass is 559 g/mol. The van der Waals surface area contributed by atoms with Crippen LogP contribution in [-0.2, 0) is 6.54 Å². The number of anilines is 4. The predicted molar refractivity (Wildman–Crippen MR) is 139 cm³/mol. The van der Waals surface area contributed by atoms with Gasteiger partial charge in [0.05, 0.1) is 18.8 Å². The van der Waals surface area contributed by atoms with Crippen molar-refractivity contribution < 1.29 is 42.0 Å². The van der Waals surface area contributed by atoms with Crippen LogP contribution < -0.4 is 25.0 Å². The fourth-order valence-corrected chi connectivity index (χ4v) is 3.80. The first-order valence-corrected chi connectivity index (χ1v) is 11.6. The maximum absolute atomic E-state index is 13.8. The number of rotatable bonds is 10. The number of halogens is 4. The average molecular weight is 559 g/mol. The average Bonchev–Trinajstić information content (AvgIpc) is 2.88. The highest BCUT2D eigenvalue weighted by atomic mass is 19.3. The number of urea groups is 1. The van der Waals surface area contributed by atoms with E-state index < -0.39 is 37.9 Å².